The highest BCUT2D eigenvalue weighted by atomic mass is 79.9. The summed E-state index contributed by atoms with van der Waals surface area (Å²) in [4.78, 5) is 37.7. The minimum atomic E-state index is -0.888. The van der Waals surface area contributed by atoms with Crippen molar-refractivity contribution in [3.05, 3.63) is 75.5 Å². The number of carbonyl (C=O) groups is 3. The molecule has 1 saturated heterocycles. The molecule has 1 unspecified atom stereocenters. The molecule has 2 aromatic carbocycles. The molecule has 1 amide bonds. The number of likely N-dealkylation sites (tertiary alicyclic amines) is 1. The molecule has 1 atom stereocenters. The average molecular weight is 490 g/mol. The first-order valence-corrected chi connectivity index (χ1v) is 10.6. The SMILES string of the molecule is O=C(O)CCCCCN1C(=O)C(=O)/C(=C(/O)c2ccc(Br)cc2)C1c1ccc(F)cc1. The Bertz CT molecular complexity index is 1020. The quantitative estimate of drug-likeness (QED) is 0.243. The molecule has 3 rings (SSSR count). The molecule has 31 heavy (non-hydrogen) atoms. The normalized spacial score (nSPS) is 17.9. The second-order valence-electron chi connectivity index (χ2n) is 7.26. The summed E-state index contributed by atoms with van der Waals surface area (Å²) in [5.41, 5.74) is 0.837. The molecular weight excluding hydrogens is 469 g/mol. The van der Waals surface area contributed by atoms with Gasteiger partial charge in [-0.3, -0.25) is 14.4 Å². The molecule has 1 heterocycles. The molecule has 1 aliphatic heterocycles. The zero-order valence-corrected chi connectivity index (χ0v) is 18.1. The standard InChI is InChI=1S/C23H21BrFNO5/c24-16-9-5-15(6-10-16)21(29)19-20(14-7-11-17(25)12-8-14)26(23(31)22(19)30)13-3-1-2-4-18(27)28/h5-12,20,29H,1-4,13H2,(H,27,28)/b21-19+. The Morgan fingerprint density at radius 3 is 2.23 bits per heavy atom. The topological polar surface area (TPSA) is 94.9 Å². The van der Waals surface area contributed by atoms with Crippen molar-refractivity contribution in [3.63, 3.8) is 0 Å². The Morgan fingerprint density at radius 2 is 1.61 bits per heavy atom. The van der Waals surface area contributed by atoms with Crippen molar-refractivity contribution in [1.29, 1.82) is 0 Å². The highest BCUT2D eigenvalue weighted by Gasteiger charge is 2.45. The zero-order valence-electron chi connectivity index (χ0n) is 16.6. The van der Waals surface area contributed by atoms with E-state index in [1.54, 1.807) is 24.3 Å². The van der Waals surface area contributed by atoms with E-state index in [2.05, 4.69) is 15.9 Å². The highest BCUT2D eigenvalue weighted by molar-refractivity contribution is 9.10. The molecule has 8 heteroatoms. The third-order valence-electron chi connectivity index (χ3n) is 5.13. The first kappa shape index (κ1) is 22.7. The molecule has 0 aromatic heterocycles. The molecule has 2 aromatic rings. The fourth-order valence-corrected chi connectivity index (χ4v) is 3.87. The molecule has 0 radical (unpaired) electrons. The van der Waals surface area contributed by atoms with Gasteiger partial charge in [0, 0.05) is 23.0 Å². The number of aliphatic hydroxyl groups is 1. The van der Waals surface area contributed by atoms with Gasteiger partial charge in [0.05, 0.1) is 11.6 Å². The molecule has 162 valence electrons. The van der Waals surface area contributed by atoms with Gasteiger partial charge in [-0.1, -0.05) is 46.6 Å². The van der Waals surface area contributed by atoms with Crippen LogP contribution in [0.25, 0.3) is 5.76 Å². The number of nitrogens with zero attached hydrogens (tertiary/aromatic N) is 1. The van der Waals surface area contributed by atoms with Crippen molar-refractivity contribution in [1.82, 2.24) is 4.90 Å². The Morgan fingerprint density at radius 1 is 0.968 bits per heavy atom. The van der Waals surface area contributed by atoms with Crippen LogP contribution in [0.5, 0.6) is 0 Å². The first-order valence-electron chi connectivity index (χ1n) is 9.81. The van der Waals surface area contributed by atoms with Gasteiger partial charge in [-0.25, -0.2) is 4.39 Å². The van der Waals surface area contributed by atoms with Crippen LogP contribution in [0.2, 0.25) is 0 Å². The largest absolute Gasteiger partial charge is 0.507 e. The second kappa shape index (κ2) is 9.87. The first-order chi connectivity index (χ1) is 14.8. The number of rotatable bonds is 8. The van der Waals surface area contributed by atoms with Crippen LogP contribution in [0, 0.1) is 5.82 Å². The number of carboxylic acid groups (broad SMARTS) is 1. The monoisotopic (exact) mass is 489 g/mol. The van der Waals surface area contributed by atoms with Crippen molar-refractivity contribution in [3.8, 4) is 0 Å². The maximum absolute atomic E-state index is 13.5. The number of aliphatic carboxylic acids is 1. The number of benzene rings is 2. The minimum absolute atomic E-state index is 0.0315. The van der Waals surface area contributed by atoms with Crippen LogP contribution in [-0.2, 0) is 14.4 Å². The Labute approximate surface area is 187 Å². The van der Waals surface area contributed by atoms with Crippen molar-refractivity contribution < 1.29 is 29.0 Å². The summed E-state index contributed by atoms with van der Waals surface area (Å²) in [6, 6.07) is 11.3. The number of Topliss-reactive ketones (excluding diaryl/α,β-unsaturated/α-hetero) is 1. The van der Waals surface area contributed by atoms with Gasteiger partial charge in [-0.05, 0) is 42.7 Å². The molecule has 6 nitrogen and oxygen atoms in total. The van der Waals surface area contributed by atoms with Gasteiger partial charge in [-0.2, -0.15) is 0 Å². The van der Waals surface area contributed by atoms with Gasteiger partial charge in [0.25, 0.3) is 11.7 Å². The summed E-state index contributed by atoms with van der Waals surface area (Å²) in [6.45, 7) is 0.212. The summed E-state index contributed by atoms with van der Waals surface area (Å²) in [7, 11) is 0. The summed E-state index contributed by atoms with van der Waals surface area (Å²) in [5, 5.41) is 19.7. The number of hydrogen-bond donors (Lipinski definition) is 2. The van der Waals surface area contributed by atoms with Crippen molar-refractivity contribution >= 4 is 39.3 Å². The number of amides is 1. The predicted octanol–water partition coefficient (Wildman–Crippen LogP) is 4.65. The average Bonchev–Trinajstić information content (AvgIpc) is 2.99. The number of ketones is 1. The van der Waals surface area contributed by atoms with Gasteiger partial charge in [-0.15, -0.1) is 0 Å². The number of aliphatic hydroxyl groups excluding tert-OH is 1. The lowest BCUT2D eigenvalue weighted by Gasteiger charge is -2.25. The Balaban J connectivity index is 1.96. The van der Waals surface area contributed by atoms with Crippen LogP contribution in [0.1, 0.15) is 42.9 Å². The number of unbranched alkanes of at least 4 members (excludes halogenated alkanes) is 2. The molecular formula is C23H21BrFNO5. The van der Waals surface area contributed by atoms with Crippen LogP contribution < -0.4 is 0 Å². The maximum Gasteiger partial charge on any atom is 0.303 e. The van der Waals surface area contributed by atoms with Gasteiger partial charge in [0.2, 0.25) is 0 Å². The number of halogens is 2. The third kappa shape index (κ3) is 5.19. The molecule has 1 fully saturated rings. The van der Waals surface area contributed by atoms with E-state index in [0.717, 1.165) is 4.47 Å². The van der Waals surface area contributed by atoms with E-state index in [9.17, 15) is 23.9 Å². The van der Waals surface area contributed by atoms with Crippen molar-refractivity contribution in [2.45, 2.75) is 31.7 Å². The van der Waals surface area contributed by atoms with Crippen LogP contribution in [-0.4, -0.2) is 39.3 Å². The van der Waals surface area contributed by atoms with E-state index in [1.165, 1.54) is 29.2 Å². The lowest BCUT2D eigenvalue weighted by molar-refractivity contribution is -0.140. The van der Waals surface area contributed by atoms with Crippen LogP contribution in [0.4, 0.5) is 4.39 Å². The van der Waals surface area contributed by atoms with Gasteiger partial charge >= 0.3 is 5.97 Å². The zero-order chi connectivity index (χ0) is 22.5. The number of carboxylic acids is 1. The van der Waals surface area contributed by atoms with E-state index in [0.29, 0.717) is 30.4 Å². The van der Waals surface area contributed by atoms with Crippen molar-refractivity contribution in [2.75, 3.05) is 6.54 Å². The number of hydrogen-bond acceptors (Lipinski definition) is 4. The van der Waals surface area contributed by atoms with Crippen LogP contribution >= 0.6 is 15.9 Å². The maximum atomic E-state index is 13.5. The minimum Gasteiger partial charge on any atom is -0.507 e. The van der Waals surface area contributed by atoms with Crippen LogP contribution in [0.3, 0.4) is 0 Å². The molecule has 1 aliphatic rings. The fourth-order valence-electron chi connectivity index (χ4n) is 3.60. The lowest BCUT2D eigenvalue weighted by atomic mass is 9.95. The van der Waals surface area contributed by atoms with Gasteiger partial charge in [0.1, 0.15) is 11.6 Å². The summed E-state index contributed by atoms with van der Waals surface area (Å²) >= 11 is 3.32. The Hall–Kier alpha value is -3.00. The van der Waals surface area contributed by atoms with E-state index < -0.39 is 29.5 Å². The number of carbonyl (C=O) groups excluding carboxylic acids is 2. The summed E-state index contributed by atoms with van der Waals surface area (Å²) in [6.07, 6.45) is 1.55. The Kier molecular flexibility index (Phi) is 7.22. The van der Waals surface area contributed by atoms with Crippen molar-refractivity contribution in [2.24, 2.45) is 0 Å². The molecule has 0 spiro atoms. The smallest absolute Gasteiger partial charge is 0.303 e. The summed E-state index contributed by atoms with van der Waals surface area (Å²) < 4.78 is 14.3. The van der Waals surface area contributed by atoms with Crippen LogP contribution in [0.15, 0.2) is 58.6 Å². The third-order valence-corrected chi connectivity index (χ3v) is 5.66. The van der Waals surface area contributed by atoms with E-state index in [1.807, 2.05) is 0 Å². The molecule has 0 aliphatic carbocycles. The molecule has 0 bridgehead atoms. The van der Waals surface area contributed by atoms with Gasteiger partial charge in [0.15, 0.2) is 0 Å². The van der Waals surface area contributed by atoms with E-state index in [4.69, 9.17) is 5.11 Å². The predicted molar refractivity (Wildman–Crippen MR) is 116 cm³/mol. The summed E-state index contributed by atoms with van der Waals surface area (Å²) in [5.74, 6) is -3.19. The fraction of sp³-hybridized carbons (Fsp3) is 0.261. The molecule has 0 saturated carbocycles. The van der Waals surface area contributed by atoms with E-state index >= 15 is 0 Å². The lowest BCUT2D eigenvalue weighted by Crippen LogP contribution is -2.30. The second-order valence-corrected chi connectivity index (χ2v) is 8.17. The highest BCUT2D eigenvalue weighted by Crippen LogP contribution is 2.39. The van der Waals surface area contributed by atoms with Gasteiger partial charge < -0.3 is 15.1 Å². The van der Waals surface area contributed by atoms with E-state index in [-0.39, 0.29) is 24.3 Å². The molecule has 2 N–H and O–H groups in total.